The molecule has 9 heteroatoms. The van der Waals surface area contributed by atoms with Gasteiger partial charge >= 0.3 is 11.8 Å². The Kier molecular flexibility index (Phi) is 5.40. The van der Waals surface area contributed by atoms with Crippen molar-refractivity contribution < 1.29 is 9.72 Å². The van der Waals surface area contributed by atoms with Crippen LogP contribution in [0.15, 0.2) is 6.33 Å². The summed E-state index contributed by atoms with van der Waals surface area (Å²) in [4.78, 5) is 28.7. The first-order valence-corrected chi connectivity index (χ1v) is 9.02. The number of amides is 2. The van der Waals surface area contributed by atoms with Gasteiger partial charge in [-0.25, -0.2) is 4.79 Å². The number of nitrogens with one attached hydrogen (secondary N) is 2. The predicted molar refractivity (Wildman–Crippen MR) is 93.6 cm³/mol. The number of nitrogens with zero attached hydrogens (tertiary/aromatic N) is 4. The lowest BCUT2D eigenvalue weighted by Gasteiger charge is -2.33. The highest BCUT2D eigenvalue weighted by molar-refractivity contribution is 5.74. The summed E-state index contributed by atoms with van der Waals surface area (Å²) in [6.45, 7) is 1.32. The van der Waals surface area contributed by atoms with E-state index in [1.807, 2.05) is 4.90 Å². The van der Waals surface area contributed by atoms with E-state index >= 15 is 0 Å². The molecule has 0 radical (unpaired) electrons. The lowest BCUT2D eigenvalue weighted by atomic mass is 9.96. The largest absolute Gasteiger partial charge is 0.406 e. The van der Waals surface area contributed by atoms with Gasteiger partial charge in [0.15, 0.2) is 0 Å². The van der Waals surface area contributed by atoms with Crippen molar-refractivity contribution in [1.29, 1.82) is 0 Å². The number of carbonyl (C=O) groups excluding carboxylic acids is 1. The van der Waals surface area contributed by atoms with E-state index in [1.165, 1.54) is 25.6 Å². The molecule has 2 fully saturated rings. The Morgan fingerprint density at radius 2 is 1.76 bits per heavy atom. The Morgan fingerprint density at radius 1 is 1.16 bits per heavy atom. The Bertz CT molecular complexity index is 617. The van der Waals surface area contributed by atoms with Crippen molar-refractivity contribution in [2.45, 2.75) is 57.0 Å². The van der Waals surface area contributed by atoms with Crippen molar-refractivity contribution in [3.8, 4) is 0 Å². The van der Waals surface area contributed by atoms with Gasteiger partial charge in [-0.1, -0.05) is 19.3 Å². The second kappa shape index (κ2) is 7.71. The van der Waals surface area contributed by atoms with Gasteiger partial charge in [0.05, 0.1) is 0 Å². The van der Waals surface area contributed by atoms with Crippen molar-refractivity contribution >= 4 is 17.7 Å². The fraction of sp³-hybridized carbons (Fsp3) is 0.750. The van der Waals surface area contributed by atoms with Crippen LogP contribution in [0.1, 0.15) is 44.9 Å². The molecule has 1 saturated carbocycles. The lowest BCUT2D eigenvalue weighted by molar-refractivity contribution is -0.388. The first-order chi connectivity index (χ1) is 12.0. The van der Waals surface area contributed by atoms with E-state index in [9.17, 15) is 14.9 Å². The molecule has 0 unspecified atom stereocenters. The van der Waals surface area contributed by atoms with Crippen LogP contribution in [-0.4, -0.2) is 45.7 Å². The summed E-state index contributed by atoms with van der Waals surface area (Å²) in [6.07, 6.45) is 8.76. The lowest BCUT2D eigenvalue weighted by Crippen LogP contribution is -2.50. The van der Waals surface area contributed by atoms with E-state index in [1.54, 1.807) is 11.6 Å². The Hall–Kier alpha value is -2.32. The van der Waals surface area contributed by atoms with Crippen LogP contribution in [0.3, 0.4) is 0 Å². The summed E-state index contributed by atoms with van der Waals surface area (Å²) in [6, 6.07) is 0.315. The van der Waals surface area contributed by atoms with Crippen LogP contribution in [0.5, 0.6) is 0 Å². The maximum atomic E-state index is 12.1. The molecule has 1 aliphatic carbocycles. The normalized spacial score (nSPS) is 19.6. The predicted octanol–water partition coefficient (Wildman–Crippen LogP) is 1.93. The van der Waals surface area contributed by atoms with Crippen LogP contribution in [0.4, 0.5) is 16.4 Å². The van der Waals surface area contributed by atoms with Gasteiger partial charge in [0.1, 0.15) is 0 Å². The number of hydrogen-bond donors (Lipinski definition) is 2. The van der Waals surface area contributed by atoms with Crippen molar-refractivity contribution in [3.63, 3.8) is 0 Å². The van der Waals surface area contributed by atoms with Gasteiger partial charge in [-0.15, -0.1) is 0 Å². The zero-order chi connectivity index (χ0) is 17.8. The summed E-state index contributed by atoms with van der Waals surface area (Å²) in [5.41, 5.74) is 0. The molecule has 1 saturated heterocycles. The minimum Gasteiger partial charge on any atom is -0.358 e. The van der Waals surface area contributed by atoms with Gasteiger partial charge in [-0.3, -0.25) is 4.57 Å². The summed E-state index contributed by atoms with van der Waals surface area (Å²) in [5, 5.41) is 17.2. The number of anilines is 1. The van der Waals surface area contributed by atoms with E-state index in [2.05, 4.69) is 15.6 Å². The molecule has 1 aliphatic heterocycles. The zero-order valence-corrected chi connectivity index (χ0v) is 14.6. The fourth-order valence-electron chi connectivity index (χ4n) is 3.80. The minimum atomic E-state index is -0.447. The average Bonchev–Trinajstić information content (AvgIpc) is 2.98. The molecular formula is C16H26N6O3. The molecule has 3 rings (SSSR count). The molecule has 2 N–H and O–H groups in total. The van der Waals surface area contributed by atoms with Crippen LogP contribution in [0, 0.1) is 10.1 Å². The van der Waals surface area contributed by atoms with Crippen LogP contribution >= 0.6 is 0 Å². The topological polar surface area (TPSA) is 105 Å². The highest BCUT2D eigenvalue weighted by atomic mass is 16.6. The van der Waals surface area contributed by atoms with E-state index < -0.39 is 4.92 Å². The van der Waals surface area contributed by atoms with Gasteiger partial charge in [0, 0.05) is 32.2 Å². The van der Waals surface area contributed by atoms with Gasteiger partial charge in [-0.05, 0) is 35.6 Å². The second-order valence-electron chi connectivity index (χ2n) is 6.97. The summed E-state index contributed by atoms with van der Waals surface area (Å²) >= 11 is 0. The Morgan fingerprint density at radius 3 is 2.36 bits per heavy atom. The smallest absolute Gasteiger partial charge is 0.358 e. The van der Waals surface area contributed by atoms with E-state index in [4.69, 9.17) is 0 Å². The molecule has 2 amide bonds. The number of piperidine rings is 1. The number of aryl methyl sites for hydroxylation is 1. The quantitative estimate of drug-likeness (QED) is 0.637. The third-order valence-corrected chi connectivity index (χ3v) is 5.13. The van der Waals surface area contributed by atoms with Crippen molar-refractivity contribution in [1.82, 2.24) is 20.2 Å². The highest BCUT2D eigenvalue weighted by Crippen LogP contribution is 2.28. The molecular weight excluding hydrogens is 324 g/mol. The number of hydrogen-bond acceptors (Lipinski definition) is 5. The van der Waals surface area contributed by atoms with Gasteiger partial charge in [-0.2, -0.15) is 0 Å². The van der Waals surface area contributed by atoms with Crippen LogP contribution in [0.25, 0.3) is 0 Å². The monoisotopic (exact) mass is 350 g/mol. The van der Waals surface area contributed by atoms with Gasteiger partial charge in [0.25, 0.3) is 0 Å². The fourth-order valence-corrected chi connectivity index (χ4v) is 3.80. The number of imidazole rings is 1. The molecule has 0 spiro atoms. The Balaban J connectivity index is 1.49. The molecule has 0 aromatic carbocycles. The summed E-state index contributed by atoms with van der Waals surface area (Å²) in [5.74, 6) is 0.430. The van der Waals surface area contributed by atoms with Gasteiger partial charge in [0.2, 0.25) is 12.1 Å². The van der Waals surface area contributed by atoms with E-state index in [-0.39, 0.29) is 17.9 Å². The molecule has 2 aliphatic rings. The Labute approximate surface area is 146 Å². The first-order valence-electron chi connectivity index (χ1n) is 9.02. The zero-order valence-electron chi connectivity index (χ0n) is 14.6. The number of rotatable bonds is 4. The molecule has 0 atom stereocenters. The van der Waals surface area contributed by atoms with Crippen LogP contribution < -0.4 is 15.5 Å². The molecule has 0 bridgehead atoms. The third-order valence-electron chi connectivity index (χ3n) is 5.13. The molecule has 2 heterocycles. The summed E-state index contributed by atoms with van der Waals surface area (Å²) in [7, 11) is 1.76. The minimum absolute atomic E-state index is 0.0862. The number of carbonyl (C=O) groups is 1. The molecule has 1 aromatic rings. The van der Waals surface area contributed by atoms with E-state index in [0.29, 0.717) is 24.9 Å². The third kappa shape index (κ3) is 4.21. The number of aromatic nitrogens is 2. The second-order valence-corrected chi connectivity index (χ2v) is 6.97. The molecule has 25 heavy (non-hydrogen) atoms. The molecule has 138 valence electrons. The van der Waals surface area contributed by atoms with E-state index in [0.717, 1.165) is 25.7 Å². The van der Waals surface area contributed by atoms with Crippen LogP contribution in [-0.2, 0) is 7.05 Å². The standard InChI is InChI=1S/C16H26N6O3/c1-20-11-17-14(22(24)25)15(20)21-9-7-13(8-10-21)19-16(23)18-12-5-3-2-4-6-12/h11-13H,2-10H2,1H3,(H2,18,19,23). The highest BCUT2D eigenvalue weighted by Gasteiger charge is 2.29. The maximum absolute atomic E-state index is 12.1. The van der Waals surface area contributed by atoms with Crippen molar-refractivity contribution in [3.05, 3.63) is 16.4 Å². The number of nitro groups is 1. The van der Waals surface area contributed by atoms with Gasteiger partial charge < -0.3 is 25.6 Å². The SMILES string of the molecule is Cn1cnc([N+](=O)[O-])c1N1CCC(NC(=O)NC2CCCCC2)CC1. The van der Waals surface area contributed by atoms with Crippen LogP contribution in [0.2, 0.25) is 0 Å². The maximum Gasteiger partial charge on any atom is 0.406 e. The number of urea groups is 1. The molecule has 9 nitrogen and oxygen atoms in total. The molecule has 1 aromatic heterocycles. The van der Waals surface area contributed by atoms with Crippen molar-refractivity contribution in [2.24, 2.45) is 7.05 Å². The average molecular weight is 350 g/mol. The van der Waals surface area contributed by atoms with Crippen molar-refractivity contribution in [2.75, 3.05) is 18.0 Å². The first kappa shape index (κ1) is 17.5. The summed E-state index contributed by atoms with van der Waals surface area (Å²) < 4.78 is 1.68.